The lowest BCUT2D eigenvalue weighted by Gasteiger charge is -2.46. The predicted octanol–water partition coefficient (Wildman–Crippen LogP) is 5.40. The Morgan fingerprint density at radius 3 is 2.80 bits per heavy atom. The average Bonchev–Trinajstić information content (AvgIpc) is 3.12. The van der Waals surface area contributed by atoms with Gasteiger partial charge in [0.25, 0.3) is 5.91 Å². The van der Waals surface area contributed by atoms with E-state index in [0.717, 1.165) is 49.4 Å². The number of fused-ring (bicyclic) bond motifs is 4. The van der Waals surface area contributed by atoms with Crippen molar-refractivity contribution in [3.8, 4) is 5.75 Å². The van der Waals surface area contributed by atoms with Crippen molar-refractivity contribution in [2.75, 3.05) is 31.7 Å². The fourth-order valence-corrected chi connectivity index (χ4v) is 9.47. The lowest BCUT2D eigenvalue weighted by Crippen LogP contribution is -2.49. The first kappa shape index (κ1) is 31.4. The Hall–Kier alpha value is -2.59. The number of allylic oxidation sites excluding steroid dienone is 1. The summed E-state index contributed by atoms with van der Waals surface area (Å²) in [5, 5.41) is 9.89. The molecule has 8 nitrogen and oxygen atoms in total. The van der Waals surface area contributed by atoms with Crippen LogP contribution in [0.5, 0.6) is 5.75 Å². The highest BCUT2D eigenvalue weighted by Gasteiger charge is 2.44. The molecule has 1 fully saturated rings. The highest BCUT2D eigenvalue weighted by atomic mass is 35.5. The number of amides is 1. The second-order valence-corrected chi connectivity index (χ2v) is 15.6. The molecule has 10 heteroatoms. The zero-order chi connectivity index (χ0) is 31.1. The van der Waals surface area contributed by atoms with Gasteiger partial charge in [-0.2, -0.15) is 0 Å². The monoisotopic (exact) mass is 642 g/mol. The molecule has 2 aromatic rings. The first-order valence-corrected chi connectivity index (χ1v) is 17.8. The van der Waals surface area contributed by atoms with Crippen molar-refractivity contribution in [1.82, 2.24) is 4.72 Å². The molecule has 6 atom stereocenters. The number of aryl methyl sites for hydroxylation is 1. The van der Waals surface area contributed by atoms with Crippen LogP contribution in [-0.2, 0) is 26.6 Å². The van der Waals surface area contributed by atoms with Crippen molar-refractivity contribution in [2.24, 2.45) is 11.8 Å². The molecule has 6 rings (SSSR count). The summed E-state index contributed by atoms with van der Waals surface area (Å²) in [5.74, 6) is 0.723. The van der Waals surface area contributed by atoms with E-state index < -0.39 is 27.3 Å². The number of halogens is 1. The van der Waals surface area contributed by atoms with Crippen molar-refractivity contribution in [2.45, 2.75) is 81.2 Å². The summed E-state index contributed by atoms with van der Waals surface area (Å²) in [6.07, 6.45) is 9.09. The Labute approximate surface area is 265 Å². The van der Waals surface area contributed by atoms with Gasteiger partial charge in [-0.05, 0) is 112 Å². The zero-order valence-electron chi connectivity index (χ0n) is 25.5. The van der Waals surface area contributed by atoms with Gasteiger partial charge in [-0.25, -0.2) is 13.1 Å². The van der Waals surface area contributed by atoms with Gasteiger partial charge in [0.1, 0.15) is 5.75 Å². The first-order chi connectivity index (χ1) is 21.1. The van der Waals surface area contributed by atoms with E-state index in [2.05, 4.69) is 27.8 Å². The maximum absolute atomic E-state index is 13.5. The quantitative estimate of drug-likeness (QED) is 0.432. The molecule has 1 saturated carbocycles. The van der Waals surface area contributed by atoms with Crippen molar-refractivity contribution >= 4 is 33.2 Å². The number of hydrogen-bond donors (Lipinski definition) is 2. The number of rotatable bonds is 3. The summed E-state index contributed by atoms with van der Waals surface area (Å²) in [7, 11) is -2.32. The van der Waals surface area contributed by atoms with Crippen molar-refractivity contribution in [3.63, 3.8) is 0 Å². The van der Waals surface area contributed by atoms with E-state index in [1.807, 2.05) is 12.1 Å². The molecule has 0 aromatic heterocycles. The summed E-state index contributed by atoms with van der Waals surface area (Å²) in [6, 6.07) is 11.4. The van der Waals surface area contributed by atoms with Gasteiger partial charge in [-0.15, -0.1) is 0 Å². The Balaban J connectivity index is 1.41. The molecule has 0 radical (unpaired) electrons. The number of aliphatic hydroxyl groups excluding tert-OH is 1. The number of aliphatic hydroxyl groups is 1. The first-order valence-electron chi connectivity index (χ1n) is 15.8. The van der Waals surface area contributed by atoms with E-state index in [1.165, 1.54) is 11.1 Å². The number of ether oxygens (including phenoxy) is 2. The molecule has 2 bridgehead atoms. The minimum Gasteiger partial charge on any atom is -0.490 e. The van der Waals surface area contributed by atoms with Gasteiger partial charge >= 0.3 is 0 Å². The van der Waals surface area contributed by atoms with Crippen molar-refractivity contribution < 1.29 is 27.8 Å². The molecule has 0 saturated heterocycles. The molecule has 2 aromatic carbocycles. The van der Waals surface area contributed by atoms with Gasteiger partial charge in [-0.1, -0.05) is 29.8 Å². The number of anilines is 1. The standard InChI is InChI=1S/C34H43ClN2O6S/c1-22(38)16-27-7-3-4-8-31(42-2)28-12-9-25(28)19-37-20-34(15-5-6-23-17-26(35)11-13-29(23)34)21-43-32-14-10-24(18-30(32)37)33(39)36-44(27,40)41/h4,8,10-11,13-14,17-18,22,25,27-28,31,38H,3,5-7,9,12,15-16,19-21H2,1-2H3,(H,36,39)/b8-4+/t22-,25+,27-,28-,31+,34+/m1/s1. The van der Waals surface area contributed by atoms with Crippen LogP contribution >= 0.6 is 11.6 Å². The third-order valence-electron chi connectivity index (χ3n) is 10.2. The van der Waals surface area contributed by atoms with E-state index in [0.29, 0.717) is 37.2 Å². The molecule has 1 spiro atoms. The molecule has 2 heterocycles. The minimum absolute atomic E-state index is 0.0371. The topological polar surface area (TPSA) is 105 Å². The van der Waals surface area contributed by atoms with Gasteiger partial charge in [0, 0.05) is 36.2 Å². The molecule has 2 N–H and O–H groups in total. The summed E-state index contributed by atoms with van der Waals surface area (Å²) in [6.45, 7) is 3.56. The number of nitrogens with zero attached hydrogens (tertiary/aromatic N) is 1. The number of methoxy groups -OCH3 is 1. The molecular weight excluding hydrogens is 600 g/mol. The van der Waals surface area contributed by atoms with Crippen LogP contribution in [0.4, 0.5) is 5.69 Å². The third kappa shape index (κ3) is 6.26. The van der Waals surface area contributed by atoms with Gasteiger partial charge < -0.3 is 19.5 Å². The number of carbonyl (C=O) groups is 1. The number of hydrogen-bond acceptors (Lipinski definition) is 7. The number of carbonyl (C=O) groups excluding carboxylic acids is 1. The third-order valence-corrected chi connectivity index (χ3v) is 12.2. The maximum Gasteiger partial charge on any atom is 0.264 e. The Kier molecular flexibility index (Phi) is 9.03. The van der Waals surface area contributed by atoms with E-state index >= 15 is 0 Å². The molecule has 2 aliphatic carbocycles. The van der Waals surface area contributed by atoms with Crippen molar-refractivity contribution in [1.29, 1.82) is 0 Å². The molecule has 4 aliphatic rings. The molecule has 44 heavy (non-hydrogen) atoms. The van der Waals surface area contributed by atoms with Crippen LogP contribution in [0.1, 0.15) is 73.4 Å². The Morgan fingerprint density at radius 2 is 2.05 bits per heavy atom. The van der Waals surface area contributed by atoms with E-state index in [1.54, 1.807) is 32.2 Å². The van der Waals surface area contributed by atoms with Crippen LogP contribution in [-0.4, -0.2) is 63.7 Å². The Morgan fingerprint density at radius 1 is 1.20 bits per heavy atom. The number of nitrogens with one attached hydrogen (secondary N) is 1. The van der Waals surface area contributed by atoms with Gasteiger partial charge in [-0.3, -0.25) is 4.79 Å². The van der Waals surface area contributed by atoms with Gasteiger partial charge in [0.05, 0.1) is 29.8 Å². The van der Waals surface area contributed by atoms with E-state index in [9.17, 15) is 18.3 Å². The highest BCUT2D eigenvalue weighted by molar-refractivity contribution is 7.90. The normalized spacial score (nSPS) is 31.4. The van der Waals surface area contributed by atoms with Crippen LogP contribution in [0.3, 0.4) is 0 Å². The second-order valence-electron chi connectivity index (χ2n) is 13.2. The minimum atomic E-state index is -4.05. The van der Waals surface area contributed by atoms with Crippen LogP contribution in [0.2, 0.25) is 5.02 Å². The lowest BCUT2D eigenvalue weighted by molar-refractivity contribution is 0.0131. The number of benzene rings is 2. The Bertz CT molecular complexity index is 1530. The smallest absolute Gasteiger partial charge is 0.264 e. The molecule has 2 aliphatic heterocycles. The van der Waals surface area contributed by atoms with Crippen LogP contribution in [0.15, 0.2) is 48.6 Å². The summed E-state index contributed by atoms with van der Waals surface area (Å²) >= 11 is 6.41. The maximum atomic E-state index is 13.5. The summed E-state index contributed by atoms with van der Waals surface area (Å²) < 4.78 is 41.7. The SMILES string of the molecule is CO[C@H]1/C=C/CC[C@H](C[C@@H](C)O)S(=O)(=O)NC(=O)c2ccc3c(c2)N(C[C@@H]2CC[C@H]21)C[C@@]1(CCCc2cc(Cl)ccc21)CO3. The zero-order valence-corrected chi connectivity index (χ0v) is 27.1. The van der Waals surface area contributed by atoms with Gasteiger partial charge in [0.2, 0.25) is 10.0 Å². The molecule has 0 unspecified atom stereocenters. The summed E-state index contributed by atoms with van der Waals surface area (Å²) in [5.41, 5.74) is 3.34. The molecular formula is C34H43ClN2O6S. The van der Waals surface area contributed by atoms with Crippen LogP contribution in [0, 0.1) is 11.8 Å². The fraction of sp³-hybridized carbons (Fsp3) is 0.559. The van der Waals surface area contributed by atoms with Crippen LogP contribution in [0.25, 0.3) is 0 Å². The van der Waals surface area contributed by atoms with Gasteiger partial charge in [0.15, 0.2) is 0 Å². The largest absolute Gasteiger partial charge is 0.490 e. The number of sulfonamides is 1. The lowest BCUT2D eigenvalue weighted by atomic mass is 9.68. The van der Waals surface area contributed by atoms with Crippen molar-refractivity contribution in [3.05, 3.63) is 70.3 Å². The van der Waals surface area contributed by atoms with E-state index in [4.69, 9.17) is 21.1 Å². The van der Waals surface area contributed by atoms with E-state index in [-0.39, 0.29) is 29.9 Å². The fourth-order valence-electron chi connectivity index (χ4n) is 7.75. The molecule has 1 amide bonds. The van der Waals surface area contributed by atoms with Crippen LogP contribution < -0.4 is 14.4 Å². The highest BCUT2D eigenvalue weighted by Crippen LogP contribution is 2.47. The second kappa shape index (κ2) is 12.7. The predicted molar refractivity (Wildman–Crippen MR) is 172 cm³/mol. The average molecular weight is 643 g/mol. The molecule has 238 valence electrons. The summed E-state index contributed by atoms with van der Waals surface area (Å²) in [4.78, 5) is 15.8.